The van der Waals surface area contributed by atoms with Crippen LogP contribution in [-0.4, -0.2) is 15.7 Å². The molecule has 19 heavy (non-hydrogen) atoms. The normalized spacial score (nSPS) is 14.1. The maximum atomic E-state index is 11.3. The molecule has 5 nitrogen and oxygen atoms in total. The predicted octanol–water partition coefficient (Wildman–Crippen LogP) is 1.43. The Morgan fingerprint density at radius 1 is 1.42 bits per heavy atom. The fraction of sp³-hybridized carbons (Fsp3) is 0.286. The van der Waals surface area contributed by atoms with Crippen molar-refractivity contribution in [2.75, 3.05) is 5.32 Å². The second-order valence-corrected chi connectivity index (χ2v) is 4.80. The summed E-state index contributed by atoms with van der Waals surface area (Å²) in [6.45, 7) is 0.469. The highest BCUT2D eigenvalue weighted by Crippen LogP contribution is 2.29. The molecule has 5 heteroatoms. The molecule has 0 saturated heterocycles. The lowest BCUT2D eigenvalue weighted by molar-refractivity contribution is -0.116. The van der Waals surface area contributed by atoms with Crippen LogP contribution in [0.3, 0.4) is 0 Å². The largest absolute Gasteiger partial charge is 0.326 e. The molecule has 1 aromatic heterocycles. The summed E-state index contributed by atoms with van der Waals surface area (Å²) in [7, 11) is 1.89. The van der Waals surface area contributed by atoms with E-state index >= 15 is 0 Å². The molecule has 2 aromatic rings. The molecular formula is C14H16N4O. The van der Waals surface area contributed by atoms with E-state index in [1.165, 1.54) is 0 Å². The molecule has 0 atom stereocenters. The number of nitrogens with zero attached hydrogens (tertiary/aromatic N) is 2. The van der Waals surface area contributed by atoms with Gasteiger partial charge in [-0.15, -0.1) is 0 Å². The average Bonchev–Trinajstić information content (AvgIpc) is 2.79. The quantitative estimate of drug-likeness (QED) is 0.853. The van der Waals surface area contributed by atoms with Crippen molar-refractivity contribution in [2.45, 2.75) is 19.4 Å². The Morgan fingerprint density at radius 2 is 2.26 bits per heavy atom. The number of fused-ring (bicyclic) bond motifs is 1. The highest BCUT2D eigenvalue weighted by Gasteiger charge is 2.16. The molecule has 0 bridgehead atoms. The van der Waals surface area contributed by atoms with E-state index in [9.17, 15) is 4.79 Å². The number of carbonyl (C=O) groups is 1. The zero-order valence-electron chi connectivity index (χ0n) is 10.8. The van der Waals surface area contributed by atoms with Crippen LogP contribution in [0.5, 0.6) is 0 Å². The molecule has 0 spiro atoms. The van der Waals surface area contributed by atoms with Gasteiger partial charge >= 0.3 is 0 Å². The molecule has 0 aliphatic carbocycles. The minimum atomic E-state index is 0.0840. The molecule has 2 heterocycles. The molecule has 1 amide bonds. The minimum Gasteiger partial charge on any atom is -0.326 e. The molecule has 0 radical (unpaired) electrons. The van der Waals surface area contributed by atoms with Gasteiger partial charge < -0.3 is 11.1 Å². The van der Waals surface area contributed by atoms with Gasteiger partial charge in [-0.2, -0.15) is 5.10 Å². The Morgan fingerprint density at radius 3 is 3.05 bits per heavy atom. The second-order valence-electron chi connectivity index (χ2n) is 4.80. The van der Waals surface area contributed by atoms with Crippen molar-refractivity contribution in [3.05, 3.63) is 35.5 Å². The van der Waals surface area contributed by atoms with Crippen LogP contribution >= 0.6 is 0 Å². The highest BCUT2D eigenvalue weighted by atomic mass is 16.1. The number of anilines is 1. The van der Waals surface area contributed by atoms with E-state index in [-0.39, 0.29) is 5.91 Å². The first-order chi connectivity index (χ1) is 9.17. The van der Waals surface area contributed by atoms with E-state index < -0.39 is 0 Å². The number of aromatic nitrogens is 2. The maximum Gasteiger partial charge on any atom is 0.224 e. The standard InChI is InChI=1S/C14H16N4O/c1-18-8-11(7-15)14(17-18)10-2-4-12-9(6-10)3-5-13(19)16-12/h2,4,6,8H,3,5,7,15H2,1H3,(H,16,19). The van der Waals surface area contributed by atoms with Gasteiger partial charge in [0.15, 0.2) is 0 Å². The Hall–Kier alpha value is -2.14. The van der Waals surface area contributed by atoms with Crippen molar-refractivity contribution in [3.8, 4) is 11.3 Å². The zero-order valence-corrected chi connectivity index (χ0v) is 10.8. The minimum absolute atomic E-state index is 0.0840. The van der Waals surface area contributed by atoms with Crippen molar-refractivity contribution in [2.24, 2.45) is 12.8 Å². The van der Waals surface area contributed by atoms with E-state index in [1.807, 2.05) is 25.4 Å². The maximum absolute atomic E-state index is 11.3. The lowest BCUT2D eigenvalue weighted by atomic mass is 9.98. The van der Waals surface area contributed by atoms with Gasteiger partial charge in [-0.25, -0.2) is 0 Å². The number of hydrogen-bond acceptors (Lipinski definition) is 3. The van der Waals surface area contributed by atoms with Crippen molar-refractivity contribution in [3.63, 3.8) is 0 Å². The van der Waals surface area contributed by atoms with Gasteiger partial charge in [0.25, 0.3) is 0 Å². The number of hydrogen-bond donors (Lipinski definition) is 2. The summed E-state index contributed by atoms with van der Waals surface area (Å²) in [6.07, 6.45) is 3.26. The van der Waals surface area contributed by atoms with E-state index in [0.29, 0.717) is 13.0 Å². The van der Waals surface area contributed by atoms with E-state index in [4.69, 9.17) is 5.73 Å². The molecule has 3 rings (SSSR count). The molecule has 1 aliphatic rings. The summed E-state index contributed by atoms with van der Waals surface area (Å²) in [5, 5.41) is 7.35. The second kappa shape index (κ2) is 4.51. The summed E-state index contributed by atoms with van der Waals surface area (Å²) in [4.78, 5) is 11.3. The summed E-state index contributed by atoms with van der Waals surface area (Å²) in [5.74, 6) is 0.0840. The van der Waals surface area contributed by atoms with E-state index in [2.05, 4.69) is 16.5 Å². The van der Waals surface area contributed by atoms with E-state index in [1.54, 1.807) is 4.68 Å². The number of amides is 1. The highest BCUT2D eigenvalue weighted by molar-refractivity contribution is 5.94. The van der Waals surface area contributed by atoms with Crippen LogP contribution < -0.4 is 11.1 Å². The first-order valence-electron chi connectivity index (χ1n) is 6.33. The summed E-state index contributed by atoms with van der Waals surface area (Å²) >= 11 is 0. The summed E-state index contributed by atoms with van der Waals surface area (Å²) in [6, 6.07) is 6.01. The topological polar surface area (TPSA) is 72.9 Å². The predicted molar refractivity (Wildman–Crippen MR) is 73.5 cm³/mol. The number of rotatable bonds is 2. The van der Waals surface area contributed by atoms with Crippen LogP contribution in [0.2, 0.25) is 0 Å². The molecule has 98 valence electrons. The summed E-state index contributed by atoms with van der Waals surface area (Å²) in [5.41, 5.74) is 10.8. The number of nitrogens with one attached hydrogen (secondary N) is 1. The van der Waals surface area contributed by atoms with Crippen molar-refractivity contribution >= 4 is 11.6 Å². The Bertz CT molecular complexity index is 645. The Kier molecular flexibility index (Phi) is 2.83. The Labute approximate surface area is 111 Å². The molecule has 1 aromatic carbocycles. The van der Waals surface area contributed by atoms with Gasteiger partial charge in [0.05, 0.1) is 5.69 Å². The van der Waals surface area contributed by atoms with Crippen molar-refractivity contribution < 1.29 is 4.79 Å². The number of benzene rings is 1. The van der Waals surface area contributed by atoms with Crippen molar-refractivity contribution in [1.82, 2.24) is 9.78 Å². The van der Waals surface area contributed by atoms with Crippen LogP contribution in [0.15, 0.2) is 24.4 Å². The van der Waals surface area contributed by atoms with Crippen molar-refractivity contribution in [1.29, 1.82) is 0 Å². The molecule has 3 N–H and O–H groups in total. The Balaban J connectivity index is 2.04. The van der Waals surface area contributed by atoms with Crippen LogP contribution in [0.1, 0.15) is 17.5 Å². The smallest absolute Gasteiger partial charge is 0.224 e. The van der Waals surface area contributed by atoms with Crippen LogP contribution in [-0.2, 0) is 24.8 Å². The third-order valence-electron chi connectivity index (χ3n) is 3.40. The fourth-order valence-corrected chi connectivity index (χ4v) is 2.46. The third kappa shape index (κ3) is 2.13. The lowest BCUT2D eigenvalue weighted by Gasteiger charge is -2.17. The number of aryl methyl sites for hydroxylation is 2. The fourth-order valence-electron chi connectivity index (χ4n) is 2.46. The SMILES string of the molecule is Cn1cc(CN)c(-c2ccc3c(c2)CCC(=O)N3)n1. The van der Waals surface area contributed by atoms with Crippen LogP contribution in [0, 0.1) is 0 Å². The number of carbonyl (C=O) groups excluding carboxylic acids is 1. The first-order valence-corrected chi connectivity index (χ1v) is 6.33. The summed E-state index contributed by atoms with van der Waals surface area (Å²) < 4.78 is 1.78. The van der Waals surface area contributed by atoms with Gasteiger partial charge in [-0.3, -0.25) is 9.48 Å². The number of nitrogens with two attached hydrogens (primary N) is 1. The lowest BCUT2D eigenvalue weighted by Crippen LogP contribution is -2.18. The average molecular weight is 256 g/mol. The van der Waals surface area contributed by atoms with Gasteiger partial charge in [0, 0.05) is 43.0 Å². The van der Waals surface area contributed by atoms with Crippen LogP contribution in [0.25, 0.3) is 11.3 Å². The van der Waals surface area contributed by atoms with Crippen LogP contribution in [0.4, 0.5) is 5.69 Å². The van der Waals surface area contributed by atoms with Gasteiger partial charge in [-0.1, -0.05) is 6.07 Å². The monoisotopic (exact) mass is 256 g/mol. The molecule has 0 unspecified atom stereocenters. The zero-order chi connectivity index (χ0) is 13.4. The van der Waals surface area contributed by atoms with Gasteiger partial charge in [0.2, 0.25) is 5.91 Å². The molecular weight excluding hydrogens is 240 g/mol. The molecule has 0 fully saturated rings. The third-order valence-corrected chi connectivity index (χ3v) is 3.40. The van der Waals surface area contributed by atoms with Gasteiger partial charge in [0.1, 0.15) is 0 Å². The molecule has 1 aliphatic heterocycles. The molecule has 0 saturated carbocycles. The first kappa shape index (κ1) is 11.9. The van der Waals surface area contributed by atoms with Gasteiger partial charge in [-0.05, 0) is 24.1 Å². The van der Waals surface area contributed by atoms with E-state index in [0.717, 1.165) is 34.5 Å².